The molecular formula is C17H17N3O2. The van der Waals surface area contributed by atoms with Crippen LogP contribution in [-0.4, -0.2) is 29.5 Å². The van der Waals surface area contributed by atoms with Crippen molar-refractivity contribution in [2.75, 3.05) is 18.0 Å². The highest BCUT2D eigenvalue weighted by molar-refractivity contribution is 5.95. The molecule has 0 amide bonds. The molecule has 2 atom stereocenters. The first-order valence-corrected chi connectivity index (χ1v) is 7.36. The van der Waals surface area contributed by atoms with Gasteiger partial charge in [0.2, 0.25) is 0 Å². The van der Waals surface area contributed by atoms with E-state index in [4.69, 9.17) is 0 Å². The van der Waals surface area contributed by atoms with Crippen LogP contribution in [0.25, 0.3) is 10.9 Å². The highest BCUT2D eigenvalue weighted by Crippen LogP contribution is 2.34. The Balaban J connectivity index is 2.09. The number of anilines is 1. The maximum atomic E-state index is 11.1. The summed E-state index contributed by atoms with van der Waals surface area (Å²) >= 11 is 0. The number of hydrogen-bond donors (Lipinski definition) is 1. The van der Waals surface area contributed by atoms with Crippen LogP contribution < -0.4 is 4.90 Å². The smallest absolute Gasteiger partial charge is 0.123 e. The summed E-state index contributed by atoms with van der Waals surface area (Å²) in [6, 6.07) is 7.21. The Kier molecular flexibility index (Phi) is 3.68. The topological polar surface area (TPSA) is 77.2 Å². The van der Waals surface area contributed by atoms with Crippen LogP contribution in [0.2, 0.25) is 0 Å². The van der Waals surface area contributed by atoms with E-state index in [1.54, 1.807) is 24.4 Å². The first-order chi connectivity index (χ1) is 10.6. The molecule has 1 unspecified atom stereocenters. The normalized spacial score (nSPS) is 21.5. The molecule has 112 valence electrons. The largest absolute Gasteiger partial charge is 0.508 e. The van der Waals surface area contributed by atoms with Crippen molar-refractivity contribution in [2.24, 2.45) is 11.8 Å². The first-order valence-electron chi connectivity index (χ1n) is 7.36. The minimum atomic E-state index is 0.0823. The number of benzene rings is 1. The third-order valence-electron chi connectivity index (χ3n) is 4.41. The minimum Gasteiger partial charge on any atom is -0.508 e. The molecule has 1 aromatic heterocycles. The Labute approximate surface area is 128 Å². The number of nitrogens with zero attached hydrogens (tertiary/aromatic N) is 3. The van der Waals surface area contributed by atoms with Crippen LogP contribution in [0.5, 0.6) is 5.75 Å². The Morgan fingerprint density at radius 1 is 1.50 bits per heavy atom. The maximum Gasteiger partial charge on any atom is 0.123 e. The number of nitriles is 1. The van der Waals surface area contributed by atoms with Gasteiger partial charge in [-0.1, -0.05) is 6.92 Å². The predicted molar refractivity (Wildman–Crippen MR) is 83.7 cm³/mol. The van der Waals surface area contributed by atoms with E-state index in [0.29, 0.717) is 11.1 Å². The van der Waals surface area contributed by atoms with Gasteiger partial charge >= 0.3 is 0 Å². The molecule has 2 heterocycles. The zero-order chi connectivity index (χ0) is 15.7. The molecule has 1 aliphatic rings. The number of piperidine rings is 1. The van der Waals surface area contributed by atoms with E-state index in [-0.39, 0.29) is 17.6 Å². The van der Waals surface area contributed by atoms with Crippen molar-refractivity contribution in [2.45, 2.75) is 13.3 Å². The van der Waals surface area contributed by atoms with Crippen molar-refractivity contribution in [1.29, 1.82) is 5.26 Å². The Bertz CT molecular complexity index is 766. The van der Waals surface area contributed by atoms with E-state index in [9.17, 15) is 15.2 Å². The highest BCUT2D eigenvalue weighted by atomic mass is 16.3. The van der Waals surface area contributed by atoms with Crippen molar-refractivity contribution in [3.63, 3.8) is 0 Å². The molecule has 5 nitrogen and oxygen atoms in total. The molecule has 1 aliphatic heterocycles. The first kappa shape index (κ1) is 14.3. The van der Waals surface area contributed by atoms with Crippen molar-refractivity contribution in [3.8, 4) is 11.8 Å². The molecule has 2 aromatic rings. The fraction of sp³-hybridized carbons (Fsp3) is 0.353. The van der Waals surface area contributed by atoms with Crippen LogP contribution in [0.4, 0.5) is 5.69 Å². The van der Waals surface area contributed by atoms with Gasteiger partial charge in [0.15, 0.2) is 0 Å². The number of rotatable bonds is 2. The van der Waals surface area contributed by atoms with E-state index in [1.807, 2.05) is 0 Å². The molecule has 1 aromatic carbocycles. The van der Waals surface area contributed by atoms with Crippen LogP contribution in [0.1, 0.15) is 18.9 Å². The molecule has 1 saturated heterocycles. The van der Waals surface area contributed by atoms with Crippen LogP contribution in [-0.2, 0) is 4.79 Å². The number of aromatic nitrogens is 1. The maximum absolute atomic E-state index is 11.1. The van der Waals surface area contributed by atoms with E-state index < -0.39 is 0 Å². The van der Waals surface area contributed by atoms with Gasteiger partial charge in [0.25, 0.3) is 0 Å². The summed E-state index contributed by atoms with van der Waals surface area (Å²) in [5.74, 6) is 0.487. The number of carbonyl (C=O) groups is 1. The highest BCUT2D eigenvalue weighted by Gasteiger charge is 2.28. The van der Waals surface area contributed by atoms with Gasteiger partial charge in [0, 0.05) is 36.7 Å². The molecule has 0 bridgehead atoms. The molecular weight excluding hydrogens is 278 g/mol. The Hall–Kier alpha value is -2.61. The second-order valence-corrected chi connectivity index (χ2v) is 5.85. The molecule has 0 aliphatic carbocycles. The number of aldehydes is 1. The monoisotopic (exact) mass is 295 g/mol. The lowest BCUT2D eigenvalue weighted by Crippen LogP contribution is -2.40. The number of hydrogen-bond acceptors (Lipinski definition) is 5. The van der Waals surface area contributed by atoms with Gasteiger partial charge in [-0.2, -0.15) is 5.26 Å². The van der Waals surface area contributed by atoms with Crippen LogP contribution >= 0.6 is 0 Å². The third-order valence-corrected chi connectivity index (χ3v) is 4.41. The second-order valence-electron chi connectivity index (χ2n) is 5.85. The predicted octanol–water partition coefficient (Wildman–Crippen LogP) is 2.47. The van der Waals surface area contributed by atoms with E-state index >= 15 is 0 Å². The number of carbonyl (C=O) groups excluding carboxylic acids is 1. The molecule has 22 heavy (non-hydrogen) atoms. The van der Waals surface area contributed by atoms with Crippen molar-refractivity contribution < 1.29 is 9.90 Å². The number of aromatic hydroxyl groups is 1. The van der Waals surface area contributed by atoms with Gasteiger partial charge in [0.05, 0.1) is 16.8 Å². The molecule has 5 heteroatoms. The van der Waals surface area contributed by atoms with E-state index in [0.717, 1.165) is 36.9 Å². The summed E-state index contributed by atoms with van der Waals surface area (Å²) in [6.07, 6.45) is 3.38. The van der Waals surface area contributed by atoms with Gasteiger partial charge in [0.1, 0.15) is 18.1 Å². The van der Waals surface area contributed by atoms with Crippen molar-refractivity contribution in [3.05, 3.63) is 30.0 Å². The van der Waals surface area contributed by atoms with Crippen LogP contribution in [0.3, 0.4) is 0 Å². The van der Waals surface area contributed by atoms with E-state index in [1.165, 1.54) is 0 Å². The van der Waals surface area contributed by atoms with Gasteiger partial charge in [-0.15, -0.1) is 0 Å². The summed E-state index contributed by atoms with van der Waals surface area (Å²) in [4.78, 5) is 17.5. The fourth-order valence-electron chi connectivity index (χ4n) is 3.16. The molecule has 0 saturated carbocycles. The Morgan fingerprint density at radius 2 is 2.32 bits per heavy atom. The summed E-state index contributed by atoms with van der Waals surface area (Å²) in [5, 5.41) is 19.9. The number of fused-ring (bicyclic) bond motifs is 1. The average Bonchev–Trinajstić information content (AvgIpc) is 2.53. The van der Waals surface area contributed by atoms with Crippen molar-refractivity contribution >= 4 is 22.9 Å². The van der Waals surface area contributed by atoms with Gasteiger partial charge in [-0.05, 0) is 24.5 Å². The average molecular weight is 295 g/mol. The number of phenols is 1. The van der Waals surface area contributed by atoms with Gasteiger partial charge < -0.3 is 14.8 Å². The molecule has 0 spiro atoms. The third kappa shape index (κ3) is 2.37. The molecule has 3 rings (SSSR count). The SMILES string of the molecule is C[C@@H]1CN(c2c(C#N)cnc3cc(O)ccc23)CCC1C=O. The summed E-state index contributed by atoms with van der Waals surface area (Å²) in [6.45, 7) is 3.53. The fourth-order valence-corrected chi connectivity index (χ4v) is 3.16. The zero-order valence-corrected chi connectivity index (χ0v) is 12.4. The van der Waals surface area contributed by atoms with Crippen LogP contribution in [0.15, 0.2) is 24.4 Å². The molecule has 1 fully saturated rings. The lowest BCUT2D eigenvalue weighted by molar-refractivity contribution is -0.112. The van der Waals surface area contributed by atoms with Crippen LogP contribution in [0, 0.1) is 23.2 Å². The lowest BCUT2D eigenvalue weighted by atomic mass is 9.87. The van der Waals surface area contributed by atoms with Crippen molar-refractivity contribution in [1.82, 2.24) is 4.98 Å². The van der Waals surface area contributed by atoms with Gasteiger partial charge in [-0.3, -0.25) is 4.98 Å². The zero-order valence-electron chi connectivity index (χ0n) is 12.4. The second kappa shape index (κ2) is 5.64. The van der Waals surface area contributed by atoms with E-state index in [2.05, 4.69) is 22.9 Å². The molecule has 0 radical (unpaired) electrons. The minimum absolute atomic E-state index is 0.0823. The van der Waals surface area contributed by atoms with Gasteiger partial charge in [-0.25, -0.2) is 0 Å². The standard InChI is InChI=1S/C17H17N3O2/c1-11-9-20(5-4-12(11)10-21)17-13(7-18)8-19-16-6-14(22)2-3-15(16)17/h2-3,6,8,10-12,22H,4-5,9H2,1H3/t11-,12?/m1/s1. The lowest BCUT2D eigenvalue weighted by Gasteiger charge is -2.37. The number of phenolic OH excluding ortho intramolecular Hbond substituents is 1. The summed E-state index contributed by atoms with van der Waals surface area (Å²) < 4.78 is 0. The number of pyridine rings is 1. The summed E-state index contributed by atoms with van der Waals surface area (Å²) in [7, 11) is 0. The Morgan fingerprint density at radius 3 is 3.00 bits per heavy atom. The quantitative estimate of drug-likeness (QED) is 0.861. The molecule has 1 N–H and O–H groups in total. The summed E-state index contributed by atoms with van der Waals surface area (Å²) in [5.41, 5.74) is 2.04.